The molecular weight excluding hydrogens is 213 g/mol. The van der Waals surface area contributed by atoms with Crippen LogP contribution in [0.2, 0.25) is 0 Å². The number of amides is 1. The zero-order valence-corrected chi connectivity index (χ0v) is 9.52. The van der Waals surface area contributed by atoms with Crippen LogP contribution in [-0.2, 0) is 0 Å². The summed E-state index contributed by atoms with van der Waals surface area (Å²) in [4.78, 5) is 13.5. The summed E-state index contributed by atoms with van der Waals surface area (Å²) in [6.45, 7) is 2.47. The number of thiophene rings is 1. The first kappa shape index (κ1) is 10.6. The average molecular weight is 227 g/mol. The summed E-state index contributed by atoms with van der Waals surface area (Å²) >= 11 is 1.49. The molecule has 4 heteroatoms. The number of carbonyl (C=O) groups excluding carboxylic acids is 1. The van der Waals surface area contributed by atoms with Gasteiger partial charge < -0.3 is 4.90 Å². The van der Waals surface area contributed by atoms with Gasteiger partial charge >= 0.3 is 0 Å². The summed E-state index contributed by atoms with van der Waals surface area (Å²) in [7, 11) is 0. The maximum atomic E-state index is 13.7. The maximum Gasteiger partial charge on any atom is 0.254 e. The number of carbonyl (C=O) groups is 1. The molecular formula is C11H14FNOS. The monoisotopic (exact) mass is 227 g/mol. The van der Waals surface area contributed by atoms with Crippen molar-refractivity contribution in [2.75, 3.05) is 13.1 Å². The lowest BCUT2D eigenvalue weighted by Gasteiger charge is -2.34. The average Bonchev–Trinajstić information content (AvgIpc) is 2.67. The van der Waals surface area contributed by atoms with Crippen LogP contribution < -0.4 is 0 Å². The normalized spacial score (nSPS) is 26.7. The summed E-state index contributed by atoms with van der Waals surface area (Å²) in [6.07, 6.45) is 1.31. The number of hydrogen-bond donors (Lipinski definition) is 0. The fourth-order valence-electron chi connectivity index (χ4n) is 1.94. The Hall–Kier alpha value is -0.900. The van der Waals surface area contributed by atoms with E-state index >= 15 is 0 Å². The highest BCUT2D eigenvalue weighted by Crippen LogP contribution is 2.25. The smallest absolute Gasteiger partial charge is 0.254 e. The van der Waals surface area contributed by atoms with Gasteiger partial charge in [0, 0.05) is 11.9 Å². The van der Waals surface area contributed by atoms with Crippen LogP contribution in [0.1, 0.15) is 30.1 Å². The van der Waals surface area contributed by atoms with Crippen molar-refractivity contribution in [2.24, 2.45) is 0 Å². The summed E-state index contributed by atoms with van der Waals surface area (Å²) in [5, 5.41) is 3.68. The van der Waals surface area contributed by atoms with Crippen LogP contribution in [0.25, 0.3) is 0 Å². The third kappa shape index (κ3) is 2.37. The van der Waals surface area contributed by atoms with Gasteiger partial charge in [-0.15, -0.1) is 0 Å². The van der Waals surface area contributed by atoms with E-state index in [2.05, 4.69) is 0 Å². The van der Waals surface area contributed by atoms with E-state index in [0.717, 1.165) is 6.42 Å². The highest BCUT2D eigenvalue weighted by Gasteiger charge is 2.33. The Morgan fingerprint density at radius 2 is 2.47 bits per heavy atom. The summed E-state index contributed by atoms with van der Waals surface area (Å²) in [5.41, 5.74) is -0.540. The molecule has 0 aromatic carbocycles. The number of halogens is 1. The molecule has 0 radical (unpaired) electrons. The Labute approximate surface area is 92.7 Å². The molecule has 1 atom stereocenters. The van der Waals surface area contributed by atoms with E-state index in [1.54, 1.807) is 17.9 Å². The minimum Gasteiger partial charge on any atom is -0.335 e. The minimum absolute atomic E-state index is 0.0418. The number of hydrogen-bond acceptors (Lipinski definition) is 2. The Balaban J connectivity index is 2.08. The van der Waals surface area contributed by atoms with Crippen LogP contribution in [-0.4, -0.2) is 29.6 Å². The van der Waals surface area contributed by atoms with Crippen molar-refractivity contribution >= 4 is 17.2 Å². The van der Waals surface area contributed by atoms with E-state index in [1.165, 1.54) is 11.3 Å². The molecule has 1 amide bonds. The molecule has 2 heterocycles. The van der Waals surface area contributed by atoms with Crippen molar-refractivity contribution in [3.63, 3.8) is 0 Å². The molecule has 0 bridgehead atoms. The van der Waals surface area contributed by atoms with Crippen LogP contribution in [0.15, 0.2) is 16.8 Å². The second-order valence-electron chi connectivity index (χ2n) is 4.26. The standard InChI is InChI=1S/C11H14FNOS/c1-11(12)4-2-5-13(8-11)10(14)9-3-6-15-7-9/h3,6-7H,2,4-5,8H2,1H3/t11-/m1/s1. The lowest BCUT2D eigenvalue weighted by molar-refractivity contribution is 0.0418. The highest BCUT2D eigenvalue weighted by molar-refractivity contribution is 7.08. The van der Waals surface area contributed by atoms with Gasteiger partial charge in [-0.3, -0.25) is 4.79 Å². The van der Waals surface area contributed by atoms with Gasteiger partial charge in [-0.05, 0) is 31.2 Å². The summed E-state index contributed by atoms with van der Waals surface area (Å²) in [5.74, 6) is -0.0418. The van der Waals surface area contributed by atoms with E-state index < -0.39 is 5.67 Å². The number of piperidine rings is 1. The second-order valence-corrected chi connectivity index (χ2v) is 5.04. The molecule has 1 saturated heterocycles. The molecule has 82 valence electrons. The molecule has 1 aliphatic heterocycles. The SMILES string of the molecule is C[C@@]1(F)CCCN(C(=O)c2ccsc2)C1. The molecule has 1 fully saturated rings. The number of rotatable bonds is 1. The quantitative estimate of drug-likeness (QED) is 0.722. The highest BCUT2D eigenvalue weighted by atomic mass is 32.1. The Kier molecular flexibility index (Phi) is 2.78. The third-order valence-corrected chi connectivity index (χ3v) is 3.39. The van der Waals surface area contributed by atoms with Gasteiger partial charge in [0.1, 0.15) is 5.67 Å². The Morgan fingerprint density at radius 1 is 1.67 bits per heavy atom. The Bertz CT molecular complexity index is 347. The van der Waals surface area contributed by atoms with Gasteiger partial charge in [0.2, 0.25) is 0 Å². The maximum absolute atomic E-state index is 13.7. The molecule has 0 saturated carbocycles. The van der Waals surface area contributed by atoms with Gasteiger partial charge in [-0.25, -0.2) is 4.39 Å². The second kappa shape index (κ2) is 3.93. The number of alkyl halides is 1. The fraction of sp³-hybridized carbons (Fsp3) is 0.545. The molecule has 1 aromatic rings. The first-order chi connectivity index (χ1) is 7.08. The molecule has 1 aromatic heterocycles. The van der Waals surface area contributed by atoms with Crippen molar-refractivity contribution in [3.05, 3.63) is 22.4 Å². The van der Waals surface area contributed by atoms with Crippen molar-refractivity contribution in [1.29, 1.82) is 0 Å². The first-order valence-electron chi connectivity index (χ1n) is 5.09. The molecule has 2 rings (SSSR count). The summed E-state index contributed by atoms with van der Waals surface area (Å²) < 4.78 is 13.7. The fourth-order valence-corrected chi connectivity index (χ4v) is 2.57. The zero-order valence-electron chi connectivity index (χ0n) is 8.70. The van der Waals surface area contributed by atoms with Crippen molar-refractivity contribution in [1.82, 2.24) is 4.90 Å². The van der Waals surface area contributed by atoms with Gasteiger partial charge in [0.15, 0.2) is 0 Å². The van der Waals surface area contributed by atoms with E-state index in [0.29, 0.717) is 18.5 Å². The first-order valence-corrected chi connectivity index (χ1v) is 6.03. The summed E-state index contributed by atoms with van der Waals surface area (Å²) in [6, 6.07) is 1.79. The molecule has 0 unspecified atom stereocenters. The van der Waals surface area contributed by atoms with Crippen LogP contribution >= 0.6 is 11.3 Å². The topological polar surface area (TPSA) is 20.3 Å². The van der Waals surface area contributed by atoms with E-state index in [1.807, 2.05) is 10.8 Å². The number of likely N-dealkylation sites (tertiary alicyclic amines) is 1. The van der Waals surface area contributed by atoms with E-state index in [4.69, 9.17) is 0 Å². The van der Waals surface area contributed by atoms with Gasteiger partial charge in [0.05, 0.1) is 12.1 Å². The van der Waals surface area contributed by atoms with E-state index in [9.17, 15) is 9.18 Å². The van der Waals surface area contributed by atoms with E-state index in [-0.39, 0.29) is 12.5 Å². The molecule has 0 aliphatic carbocycles. The predicted octanol–water partition coefficient (Wildman–Crippen LogP) is 2.71. The lowest BCUT2D eigenvalue weighted by atomic mass is 9.96. The molecule has 0 spiro atoms. The zero-order chi connectivity index (χ0) is 10.9. The van der Waals surface area contributed by atoms with Crippen LogP contribution in [0.3, 0.4) is 0 Å². The van der Waals surface area contributed by atoms with Gasteiger partial charge in [-0.1, -0.05) is 0 Å². The predicted molar refractivity (Wildman–Crippen MR) is 59.0 cm³/mol. The van der Waals surface area contributed by atoms with Crippen molar-refractivity contribution < 1.29 is 9.18 Å². The largest absolute Gasteiger partial charge is 0.335 e. The Morgan fingerprint density at radius 3 is 3.07 bits per heavy atom. The molecule has 1 aliphatic rings. The van der Waals surface area contributed by atoms with Crippen LogP contribution in [0.5, 0.6) is 0 Å². The van der Waals surface area contributed by atoms with Gasteiger partial charge in [0.25, 0.3) is 5.91 Å². The van der Waals surface area contributed by atoms with Crippen molar-refractivity contribution in [3.8, 4) is 0 Å². The third-order valence-electron chi connectivity index (χ3n) is 2.70. The molecule has 0 N–H and O–H groups in total. The van der Waals surface area contributed by atoms with Crippen LogP contribution in [0, 0.1) is 0 Å². The number of nitrogens with zero attached hydrogens (tertiary/aromatic N) is 1. The molecule has 15 heavy (non-hydrogen) atoms. The minimum atomic E-state index is -1.22. The van der Waals surface area contributed by atoms with Crippen molar-refractivity contribution in [2.45, 2.75) is 25.4 Å². The van der Waals surface area contributed by atoms with Gasteiger partial charge in [-0.2, -0.15) is 11.3 Å². The molecule has 2 nitrogen and oxygen atoms in total. The van der Waals surface area contributed by atoms with Crippen LogP contribution in [0.4, 0.5) is 4.39 Å². The lowest BCUT2D eigenvalue weighted by Crippen LogP contribution is -2.46.